The van der Waals surface area contributed by atoms with Crippen molar-refractivity contribution >= 4 is 96.8 Å². The summed E-state index contributed by atoms with van der Waals surface area (Å²) in [6, 6.07) is 73.2. The number of nitrogens with zero attached hydrogens (tertiary/aromatic N) is 4. The van der Waals surface area contributed by atoms with Crippen LogP contribution in [0.2, 0.25) is 0 Å². The molecule has 14 rings (SSSR count). The van der Waals surface area contributed by atoms with Crippen LogP contribution < -0.4 is 0 Å². The molecule has 6 heteroatoms. The molecule has 5 nitrogen and oxygen atoms in total. The number of hydrogen-bond acceptors (Lipinski definition) is 5. The molecule has 10 aromatic carbocycles. The molecule has 0 saturated heterocycles. The highest BCUT2D eigenvalue weighted by atomic mass is 32.1. The molecule has 0 aliphatic carbocycles. The van der Waals surface area contributed by atoms with E-state index in [-0.39, 0.29) is 0 Å². The Balaban J connectivity index is 1.11. The zero-order valence-corrected chi connectivity index (χ0v) is 35.6. The third-order valence-corrected chi connectivity index (χ3v) is 14.2. The van der Waals surface area contributed by atoms with Crippen molar-refractivity contribution in [1.29, 1.82) is 0 Å². The highest BCUT2D eigenvalue weighted by Crippen LogP contribution is 2.45. The maximum atomic E-state index is 7.13. The Labute approximate surface area is 376 Å². The SMILES string of the molecule is c1ccc(-c2ccc(-c3nc(-c4c(-n5c6ccccc6c6cc7ccccc7cc65)ccc5c4oc4cc6ccccc6cc45)nc(-c4cccc5c4sc4ccccc45)n3)cc2)cc1. The van der Waals surface area contributed by atoms with Gasteiger partial charge in [-0.2, -0.15) is 0 Å². The fourth-order valence-electron chi connectivity index (χ4n) is 9.93. The van der Waals surface area contributed by atoms with Crippen molar-refractivity contribution in [3.63, 3.8) is 0 Å². The zero-order valence-electron chi connectivity index (χ0n) is 34.7. The van der Waals surface area contributed by atoms with Crippen LogP contribution in [0.1, 0.15) is 0 Å². The maximum Gasteiger partial charge on any atom is 0.170 e. The third kappa shape index (κ3) is 5.61. The van der Waals surface area contributed by atoms with Crippen LogP contribution in [0.5, 0.6) is 0 Å². The molecule has 0 atom stereocenters. The van der Waals surface area contributed by atoms with Gasteiger partial charge in [0, 0.05) is 52.8 Å². The highest BCUT2D eigenvalue weighted by Gasteiger charge is 2.26. The monoisotopic (exact) mass is 846 g/mol. The summed E-state index contributed by atoms with van der Waals surface area (Å²) in [5, 5.41) is 11.4. The number of para-hydroxylation sites is 1. The summed E-state index contributed by atoms with van der Waals surface area (Å²) in [6.45, 7) is 0. The van der Waals surface area contributed by atoms with E-state index in [0.717, 1.165) is 81.9 Å². The van der Waals surface area contributed by atoms with E-state index in [4.69, 9.17) is 19.4 Å². The fraction of sp³-hybridized carbons (Fsp3) is 0. The second kappa shape index (κ2) is 14.0. The molecule has 14 aromatic rings. The molecule has 302 valence electrons. The van der Waals surface area contributed by atoms with Crippen LogP contribution in [-0.2, 0) is 0 Å². The van der Waals surface area contributed by atoms with Crippen molar-refractivity contribution in [3.8, 4) is 51.0 Å². The van der Waals surface area contributed by atoms with Crippen LogP contribution in [-0.4, -0.2) is 19.5 Å². The Morgan fingerprint density at radius 1 is 0.385 bits per heavy atom. The molecule has 0 aliphatic rings. The number of aromatic nitrogens is 4. The van der Waals surface area contributed by atoms with E-state index in [1.807, 2.05) is 6.07 Å². The van der Waals surface area contributed by atoms with Gasteiger partial charge >= 0.3 is 0 Å². The van der Waals surface area contributed by atoms with E-state index in [2.05, 4.69) is 205 Å². The smallest absolute Gasteiger partial charge is 0.170 e. The second-order valence-corrected chi connectivity index (χ2v) is 17.8. The van der Waals surface area contributed by atoms with E-state index in [9.17, 15) is 0 Å². The van der Waals surface area contributed by atoms with Crippen molar-refractivity contribution in [2.24, 2.45) is 0 Å². The summed E-state index contributed by atoms with van der Waals surface area (Å²) in [6.07, 6.45) is 0. The zero-order chi connectivity index (χ0) is 42.6. The van der Waals surface area contributed by atoms with Crippen molar-refractivity contribution in [3.05, 3.63) is 206 Å². The highest BCUT2D eigenvalue weighted by molar-refractivity contribution is 7.26. The van der Waals surface area contributed by atoms with Crippen molar-refractivity contribution in [2.75, 3.05) is 0 Å². The number of thiophene rings is 1. The van der Waals surface area contributed by atoms with Gasteiger partial charge in [-0.05, 0) is 87.3 Å². The molecule has 0 saturated carbocycles. The van der Waals surface area contributed by atoms with Gasteiger partial charge in [0.05, 0.1) is 22.3 Å². The lowest BCUT2D eigenvalue weighted by atomic mass is 10.0. The topological polar surface area (TPSA) is 56.7 Å². The Bertz CT molecular complexity index is 4240. The largest absolute Gasteiger partial charge is 0.455 e. The van der Waals surface area contributed by atoms with Crippen molar-refractivity contribution < 1.29 is 4.42 Å². The Morgan fingerprint density at radius 3 is 1.82 bits per heavy atom. The average molecular weight is 847 g/mol. The molecule has 4 heterocycles. The minimum absolute atomic E-state index is 0.534. The quantitative estimate of drug-likeness (QED) is 0.173. The predicted octanol–water partition coefficient (Wildman–Crippen LogP) is 16.2. The first-order valence-electron chi connectivity index (χ1n) is 21.8. The predicted molar refractivity (Wildman–Crippen MR) is 271 cm³/mol. The van der Waals surface area contributed by atoms with Gasteiger partial charge in [0.25, 0.3) is 0 Å². The summed E-state index contributed by atoms with van der Waals surface area (Å²) >= 11 is 1.77. The third-order valence-electron chi connectivity index (χ3n) is 13.0. The first-order valence-corrected chi connectivity index (χ1v) is 22.7. The van der Waals surface area contributed by atoms with Crippen LogP contribution in [0.25, 0.3) is 136 Å². The van der Waals surface area contributed by atoms with Gasteiger partial charge < -0.3 is 8.98 Å². The minimum Gasteiger partial charge on any atom is -0.455 e. The lowest BCUT2D eigenvalue weighted by Gasteiger charge is -2.15. The maximum absolute atomic E-state index is 7.13. The fourth-order valence-corrected chi connectivity index (χ4v) is 11.1. The molecule has 65 heavy (non-hydrogen) atoms. The number of rotatable bonds is 5. The van der Waals surface area contributed by atoms with Gasteiger partial charge in [0.2, 0.25) is 0 Å². The molecule has 0 N–H and O–H groups in total. The van der Waals surface area contributed by atoms with E-state index >= 15 is 0 Å². The van der Waals surface area contributed by atoms with Gasteiger partial charge in [-0.25, -0.2) is 15.0 Å². The molecule has 0 fully saturated rings. The molecule has 0 radical (unpaired) electrons. The Morgan fingerprint density at radius 2 is 1.00 bits per heavy atom. The summed E-state index contributed by atoms with van der Waals surface area (Å²) in [4.78, 5) is 16.4. The molecule has 0 bridgehead atoms. The number of benzene rings is 10. The van der Waals surface area contributed by atoms with E-state index < -0.39 is 0 Å². The first-order chi connectivity index (χ1) is 32.2. The molecular weight excluding hydrogens is 813 g/mol. The van der Waals surface area contributed by atoms with Crippen LogP contribution in [0.4, 0.5) is 0 Å². The number of fused-ring (bicyclic) bond motifs is 11. The molecule has 0 spiro atoms. The normalized spacial score (nSPS) is 12.0. The van der Waals surface area contributed by atoms with Crippen molar-refractivity contribution in [2.45, 2.75) is 0 Å². The van der Waals surface area contributed by atoms with Crippen molar-refractivity contribution in [1.82, 2.24) is 19.5 Å². The van der Waals surface area contributed by atoms with E-state index in [0.29, 0.717) is 17.5 Å². The van der Waals surface area contributed by atoms with Crippen LogP contribution in [0, 0.1) is 0 Å². The second-order valence-electron chi connectivity index (χ2n) is 16.7. The Kier molecular flexibility index (Phi) is 7.79. The standard InChI is InChI=1S/C59H34N4OS/c1-2-13-35(14-3-1)36-25-27-37(28-26-36)57-60-58(46-22-12-21-45-43-20-9-11-24-53(43)65-56(45)46)62-59(61-57)54-50(30-29-44-48-32-39-16-5-7-18-41(39)34-52(48)64-55(44)54)63-49-23-10-8-19-42(49)47-31-38-15-4-6-17-40(38)33-51(47)63/h1-34H. The average Bonchev–Trinajstić information content (AvgIpc) is 4.04. The van der Waals surface area contributed by atoms with E-state index in [1.54, 1.807) is 11.3 Å². The Hall–Kier alpha value is -8.45. The van der Waals surface area contributed by atoms with Gasteiger partial charge in [-0.1, -0.05) is 152 Å². The molecule has 0 amide bonds. The summed E-state index contributed by atoms with van der Waals surface area (Å²) in [5.41, 5.74) is 9.56. The van der Waals surface area contributed by atoms with Gasteiger partial charge in [-0.15, -0.1) is 11.3 Å². The summed E-state index contributed by atoms with van der Waals surface area (Å²) in [5.74, 6) is 1.72. The minimum atomic E-state index is 0.534. The number of hydrogen-bond donors (Lipinski definition) is 0. The first kappa shape index (κ1) is 36.1. The van der Waals surface area contributed by atoms with Gasteiger partial charge in [-0.3, -0.25) is 0 Å². The molecular formula is C59H34N4OS. The lowest BCUT2D eigenvalue weighted by Crippen LogP contribution is -2.04. The van der Waals surface area contributed by atoms with Gasteiger partial charge in [0.15, 0.2) is 17.5 Å². The summed E-state index contributed by atoms with van der Waals surface area (Å²) < 4.78 is 11.9. The van der Waals surface area contributed by atoms with E-state index in [1.165, 1.54) is 37.0 Å². The summed E-state index contributed by atoms with van der Waals surface area (Å²) in [7, 11) is 0. The number of furan rings is 1. The van der Waals surface area contributed by atoms with Gasteiger partial charge in [0.1, 0.15) is 11.2 Å². The van der Waals surface area contributed by atoms with Crippen LogP contribution >= 0.6 is 11.3 Å². The lowest BCUT2D eigenvalue weighted by molar-refractivity contribution is 0.669. The van der Waals surface area contributed by atoms with Crippen LogP contribution in [0.15, 0.2) is 211 Å². The molecule has 0 aliphatic heterocycles. The van der Waals surface area contributed by atoms with Crippen LogP contribution in [0.3, 0.4) is 0 Å². The molecule has 4 aromatic heterocycles. The molecule has 0 unspecified atom stereocenters.